The summed E-state index contributed by atoms with van der Waals surface area (Å²) in [4.78, 5) is 22.1. The Hall–Kier alpha value is -2.70. The molecule has 26 heavy (non-hydrogen) atoms. The van der Waals surface area contributed by atoms with Crippen molar-refractivity contribution in [2.24, 2.45) is 0 Å². The second-order valence-corrected chi connectivity index (χ2v) is 6.85. The molecule has 1 unspecified atom stereocenters. The third-order valence-electron chi connectivity index (χ3n) is 5.00. The van der Waals surface area contributed by atoms with Gasteiger partial charge in [-0.05, 0) is 56.7 Å². The lowest BCUT2D eigenvalue weighted by Gasteiger charge is -2.35. The normalized spacial score (nSPS) is 17.2. The summed E-state index contributed by atoms with van der Waals surface area (Å²) in [7, 11) is 0. The zero-order chi connectivity index (χ0) is 18.7. The minimum atomic E-state index is -0.371. The number of rotatable bonds is 5. The summed E-state index contributed by atoms with van der Waals surface area (Å²) in [5.74, 6) is 0.665. The first kappa shape index (κ1) is 18.1. The highest BCUT2D eigenvalue weighted by Gasteiger charge is 2.31. The van der Waals surface area contributed by atoms with Gasteiger partial charge in [-0.2, -0.15) is 0 Å². The Kier molecular flexibility index (Phi) is 5.35. The van der Waals surface area contributed by atoms with Crippen molar-refractivity contribution in [1.29, 1.82) is 0 Å². The SMILES string of the molecule is CCC1CCCCN1c1ncnc(Nc2cc(C)ccc2C)c1[N+](=O)[O-]. The van der Waals surface area contributed by atoms with Crippen LogP contribution in [0.25, 0.3) is 0 Å². The van der Waals surface area contributed by atoms with E-state index in [1.54, 1.807) is 0 Å². The number of anilines is 3. The summed E-state index contributed by atoms with van der Waals surface area (Å²) in [5, 5.41) is 15.0. The quantitative estimate of drug-likeness (QED) is 0.627. The van der Waals surface area contributed by atoms with Gasteiger partial charge in [0.2, 0.25) is 11.6 Å². The maximum Gasteiger partial charge on any atom is 0.353 e. The zero-order valence-corrected chi connectivity index (χ0v) is 15.5. The largest absolute Gasteiger partial charge is 0.353 e. The van der Waals surface area contributed by atoms with Gasteiger partial charge < -0.3 is 10.2 Å². The smallest absolute Gasteiger partial charge is 0.348 e. The fourth-order valence-corrected chi connectivity index (χ4v) is 3.54. The minimum Gasteiger partial charge on any atom is -0.348 e. The molecule has 1 aromatic heterocycles. The van der Waals surface area contributed by atoms with Gasteiger partial charge in [0.05, 0.1) is 4.92 Å². The average molecular weight is 355 g/mol. The number of nitrogens with one attached hydrogen (secondary N) is 1. The maximum atomic E-state index is 11.9. The van der Waals surface area contributed by atoms with Gasteiger partial charge in [-0.15, -0.1) is 0 Å². The highest BCUT2D eigenvalue weighted by molar-refractivity contribution is 5.75. The van der Waals surface area contributed by atoms with Gasteiger partial charge in [0, 0.05) is 18.3 Å². The van der Waals surface area contributed by atoms with E-state index < -0.39 is 0 Å². The fraction of sp³-hybridized carbons (Fsp3) is 0.474. The number of hydrogen-bond acceptors (Lipinski definition) is 6. The molecule has 0 aliphatic carbocycles. The topological polar surface area (TPSA) is 84.2 Å². The second kappa shape index (κ2) is 7.68. The van der Waals surface area contributed by atoms with Crippen molar-refractivity contribution in [3.05, 3.63) is 45.8 Å². The molecule has 7 nitrogen and oxygen atoms in total. The van der Waals surface area contributed by atoms with E-state index in [2.05, 4.69) is 27.1 Å². The number of aromatic nitrogens is 2. The van der Waals surface area contributed by atoms with Crippen LogP contribution >= 0.6 is 0 Å². The Morgan fingerprint density at radius 1 is 1.31 bits per heavy atom. The lowest BCUT2D eigenvalue weighted by atomic mass is 10.00. The van der Waals surface area contributed by atoms with Crippen LogP contribution in [0, 0.1) is 24.0 Å². The van der Waals surface area contributed by atoms with Crippen molar-refractivity contribution in [1.82, 2.24) is 9.97 Å². The molecule has 1 N–H and O–H groups in total. The molecule has 1 aliphatic rings. The number of benzene rings is 1. The van der Waals surface area contributed by atoms with E-state index in [-0.39, 0.29) is 22.5 Å². The van der Waals surface area contributed by atoms with Gasteiger partial charge in [0.25, 0.3) is 0 Å². The van der Waals surface area contributed by atoms with E-state index in [1.807, 2.05) is 32.0 Å². The van der Waals surface area contributed by atoms with Crippen molar-refractivity contribution in [2.45, 2.75) is 52.5 Å². The van der Waals surface area contributed by atoms with Crippen molar-refractivity contribution in [3.8, 4) is 0 Å². The van der Waals surface area contributed by atoms with E-state index in [4.69, 9.17) is 0 Å². The minimum absolute atomic E-state index is 0.0474. The van der Waals surface area contributed by atoms with Gasteiger partial charge in [-0.1, -0.05) is 19.1 Å². The predicted molar refractivity (Wildman–Crippen MR) is 103 cm³/mol. The van der Waals surface area contributed by atoms with Crippen LogP contribution in [0.1, 0.15) is 43.7 Å². The Morgan fingerprint density at radius 3 is 2.85 bits per heavy atom. The number of aryl methyl sites for hydroxylation is 2. The molecular weight excluding hydrogens is 330 g/mol. The fourth-order valence-electron chi connectivity index (χ4n) is 3.54. The van der Waals surface area contributed by atoms with Crippen LogP contribution in [0.2, 0.25) is 0 Å². The molecule has 3 rings (SSSR count). The van der Waals surface area contributed by atoms with Gasteiger partial charge in [0.1, 0.15) is 6.33 Å². The molecule has 7 heteroatoms. The van der Waals surface area contributed by atoms with Gasteiger partial charge in [-0.3, -0.25) is 10.1 Å². The highest BCUT2D eigenvalue weighted by atomic mass is 16.6. The first-order valence-electron chi connectivity index (χ1n) is 9.11. The molecule has 0 saturated carbocycles. The van der Waals surface area contributed by atoms with Crippen molar-refractivity contribution in [3.63, 3.8) is 0 Å². The monoisotopic (exact) mass is 355 g/mol. The number of hydrogen-bond donors (Lipinski definition) is 1. The van der Waals surface area contributed by atoms with E-state index in [9.17, 15) is 10.1 Å². The number of nitro groups is 1. The summed E-state index contributed by atoms with van der Waals surface area (Å²) < 4.78 is 0. The summed E-state index contributed by atoms with van der Waals surface area (Å²) in [6, 6.07) is 6.26. The second-order valence-electron chi connectivity index (χ2n) is 6.85. The van der Waals surface area contributed by atoms with Crippen molar-refractivity contribution >= 4 is 23.0 Å². The van der Waals surface area contributed by atoms with Gasteiger partial charge >= 0.3 is 5.69 Å². The van der Waals surface area contributed by atoms with Crippen LogP contribution in [0.15, 0.2) is 24.5 Å². The molecule has 2 aromatic rings. The van der Waals surface area contributed by atoms with E-state index in [1.165, 1.54) is 6.33 Å². The number of piperidine rings is 1. The van der Waals surface area contributed by atoms with Crippen LogP contribution in [-0.2, 0) is 0 Å². The molecule has 0 spiro atoms. The molecule has 0 amide bonds. The molecule has 138 valence electrons. The van der Waals surface area contributed by atoms with E-state index >= 15 is 0 Å². The molecule has 1 saturated heterocycles. The number of nitrogens with zero attached hydrogens (tertiary/aromatic N) is 4. The first-order chi connectivity index (χ1) is 12.5. The van der Waals surface area contributed by atoms with E-state index in [0.717, 1.165) is 49.0 Å². The van der Waals surface area contributed by atoms with Crippen LogP contribution in [-0.4, -0.2) is 27.5 Å². The summed E-state index contributed by atoms with van der Waals surface area (Å²) in [5.41, 5.74) is 2.86. The van der Waals surface area contributed by atoms with Crippen LogP contribution in [0.3, 0.4) is 0 Å². The van der Waals surface area contributed by atoms with Crippen LogP contribution in [0.4, 0.5) is 23.0 Å². The third-order valence-corrected chi connectivity index (χ3v) is 5.00. The highest BCUT2D eigenvalue weighted by Crippen LogP contribution is 2.37. The molecule has 1 aromatic carbocycles. The summed E-state index contributed by atoms with van der Waals surface area (Å²) in [6.45, 7) is 6.86. The average Bonchev–Trinajstić information content (AvgIpc) is 2.64. The first-order valence-corrected chi connectivity index (χ1v) is 9.11. The molecule has 1 atom stereocenters. The van der Waals surface area contributed by atoms with Gasteiger partial charge in [0.15, 0.2) is 0 Å². The van der Waals surface area contributed by atoms with Gasteiger partial charge in [-0.25, -0.2) is 9.97 Å². The molecule has 2 heterocycles. The Labute approximate surface area is 153 Å². The molecule has 1 fully saturated rings. The Balaban J connectivity index is 2.04. The maximum absolute atomic E-state index is 11.9. The summed E-state index contributed by atoms with van der Waals surface area (Å²) in [6.07, 6.45) is 5.58. The van der Waals surface area contributed by atoms with Crippen LogP contribution in [0.5, 0.6) is 0 Å². The third kappa shape index (κ3) is 3.61. The van der Waals surface area contributed by atoms with E-state index in [0.29, 0.717) is 5.82 Å². The summed E-state index contributed by atoms with van der Waals surface area (Å²) >= 11 is 0. The lowest BCUT2D eigenvalue weighted by molar-refractivity contribution is -0.383. The molecule has 0 bridgehead atoms. The molecular formula is C19H25N5O2. The zero-order valence-electron chi connectivity index (χ0n) is 15.5. The van der Waals surface area contributed by atoms with Crippen molar-refractivity contribution in [2.75, 3.05) is 16.8 Å². The molecule has 0 radical (unpaired) electrons. The lowest BCUT2D eigenvalue weighted by Crippen LogP contribution is -2.40. The Morgan fingerprint density at radius 2 is 2.12 bits per heavy atom. The predicted octanol–water partition coefficient (Wildman–Crippen LogP) is 4.51. The van der Waals surface area contributed by atoms with Crippen molar-refractivity contribution < 1.29 is 4.92 Å². The molecule has 1 aliphatic heterocycles. The van der Waals surface area contributed by atoms with Crippen LogP contribution < -0.4 is 10.2 Å². The standard InChI is InChI=1S/C19H25N5O2/c1-4-15-7-5-6-10-23(15)19-17(24(25)26)18(20-12-21-19)22-16-11-13(2)8-9-14(16)3/h8-9,11-12,15H,4-7,10H2,1-3H3,(H,20,21,22). The Bertz CT molecular complexity index is 809.